The quantitative estimate of drug-likeness (QED) is 0.783. The van der Waals surface area contributed by atoms with Gasteiger partial charge < -0.3 is 9.53 Å². The van der Waals surface area contributed by atoms with E-state index in [4.69, 9.17) is 4.74 Å². The molecule has 3 nitrogen and oxygen atoms in total. The van der Waals surface area contributed by atoms with E-state index in [0.717, 1.165) is 43.8 Å². The van der Waals surface area contributed by atoms with Gasteiger partial charge in [0.25, 0.3) is 0 Å². The van der Waals surface area contributed by atoms with Gasteiger partial charge >= 0.3 is 0 Å². The molecule has 2 atom stereocenters. The fourth-order valence-electron chi connectivity index (χ4n) is 4.60. The zero-order valence-corrected chi connectivity index (χ0v) is 13.4. The number of benzene rings is 1. The van der Waals surface area contributed by atoms with Crippen LogP contribution in [0.4, 0.5) is 0 Å². The molecule has 1 aliphatic heterocycles. The van der Waals surface area contributed by atoms with E-state index in [1.807, 2.05) is 0 Å². The molecule has 2 fully saturated rings. The fourth-order valence-corrected chi connectivity index (χ4v) is 4.60. The van der Waals surface area contributed by atoms with Crippen molar-refractivity contribution in [2.75, 3.05) is 20.2 Å². The fraction of sp³-hybridized carbons (Fsp3) is 0.632. The first-order valence-corrected chi connectivity index (χ1v) is 8.59. The number of fused-ring (bicyclic) bond motifs is 4. The Morgan fingerprint density at radius 3 is 3.00 bits per heavy atom. The highest BCUT2D eigenvalue weighted by Gasteiger charge is 2.46. The highest BCUT2D eigenvalue weighted by Crippen LogP contribution is 2.48. The summed E-state index contributed by atoms with van der Waals surface area (Å²) in [6.07, 6.45) is 7.98. The summed E-state index contributed by atoms with van der Waals surface area (Å²) in [6, 6.07) is 7.10. The predicted octanol–water partition coefficient (Wildman–Crippen LogP) is 2.95. The average molecular weight is 299 g/mol. The lowest BCUT2D eigenvalue weighted by Gasteiger charge is -2.51. The Morgan fingerprint density at radius 1 is 1.41 bits per heavy atom. The molecule has 2 bridgehead atoms. The topological polar surface area (TPSA) is 29.5 Å². The van der Waals surface area contributed by atoms with Crippen molar-refractivity contribution in [2.45, 2.75) is 50.0 Å². The van der Waals surface area contributed by atoms with Gasteiger partial charge in [-0.15, -0.1) is 0 Å². The second kappa shape index (κ2) is 5.38. The van der Waals surface area contributed by atoms with Crippen molar-refractivity contribution < 1.29 is 9.53 Å². The summed E-state index contributed by atoms with van der Waals surface area (Å²) in [5, 5.41) is 0. The predicted molar refractivity (Wildman–Crippen MR) is 86.4 cm³/mol. The van der Waals surface area contributed by atoms with Crippen molar-refractivity contribution in [3.63, 3.8) is 0 Å². The van der Waals surface area contributed by atoms with Crippen LogP contribution in [0.3, 0.4) is 0 Å². The first kappa shape index (κ1) is 14.3. The van der Waals surface area contributed by atoms with E-state index >= 15 is 0 Å². The average Bonchev–Trinajstić information content (AvgIpc) is 3.34. The molecule has 118 valence electrons. The number of nitrogens with zero attached hydrogens (tertiary/aromatic N) is 1. The molecule has 1 heterocycles. The van der Waals surface area contributed by atoms with Crippen molar-refractivity contribution in [2.24, 2.45) is 5.92 Å². The van der Waals surface area contributed by atoms with E-state index in [-0.39, 0.29) is 5.41 Å². The standard InChI is InChI=1S/C19H25NO2/c1-22-17-5-4-15-10-16-12-19(7-9-21,18(15)11-17)6-8-20(16)13-14-2-3-14/h4-5,9,11,14,16H,2-3,6-8,10,12-13H2,1H3/t16?,19-/m0/s1. The van der Waals surface area contributed by atoms with Crippen LogP contribution in [0.25, 0.3) is 0 Å². The minimum atomic E-state index is 0.0502. The second-order valence-electron chi connectivity index (χ2n) is 7.42. The van der Waals surface area contributed by atoms with Crippen molar-refractivity contribution >= 4 is 6.29 Å². The minimum Gasteiger partial charge on any atom is -0.497 e. The highest BCUT2D eigenvalue weighted by atomic mass is 16.5. The van der Waals surface area contributed by atoms with Crippen molar-refractivity contribution in [3.05, 3.63) is 29.3 Å². The van der Waals surface area contributed by atoms with Crippen LogP contribution in [-0.4, -0.2) is 37.4 Å². The van der Waals surface area contributed by atoms with Crippen LogP contribution in [0.2, 0.25) is 0 Å². The van der Waals surface area contributed by atoms with Crippen LogP contribution < -0.4 is 4.74 Å². The van der Waals surface area contributed by atoms with Gasteiger partial charge in [-0.25, -0.2) is 0 Å². The molecule has 1 unspecified atom stereocenters. The molecule has 1 aromatic carbocycles. The van der Waals surface area contributed by atoms with E-state index in [1.165, 1.54) is 30.5 Å². The number of carbonyl (C=O) groups is 1. The van der Waals surface area contributed by atoms with Crippen LogP contribution in [-0.2, 0) is 16.6 Å². The van der Waals surface area contributed by atoms with E-state index < -0.39 is 0 Å². The first-order chi connectivity index (χ1) is 10.7. The molecule has 0 spiro atoms. The van der Waals surface area contributed by atoms with Gasteiger partial charge in [-0.05, 0) is 67.8 Å². The number of rotatable bonds is 5. The van der Waals surface area contributed by atoms with Crippen LogP contribution >= 0.6 is 0 Å². The number of aldehydes is 1. The molecule has 1 saturated carbocycles. The van der Waals surface area contributed by atoms with Crippen LogP contribution in [0.15, 0.2) is 18.2 Å². The summed E-state index contributed by atoms with van der Waals surface area (Å²) in [5.74, 6) is 1.86. The van der Waals surface area contributed by atoms with E-state index in [2.05, 4.69) is 23.1 Å². The lowest BCUT2D eigenvalue weighted by Crippen LogP contribution is -2.53. The molecule has 2 aliphatic carbocycles. The Bertz CT molecular complexity index is 581. The Hall–Kier alpha value is -1.35. The first-order valence-electron chi connectivity index (χ1n) is 8.59. The lowest BCUT2D eigenvalue weighted by atomic mass is 9.62. The number of likely N-dealkylation sites (tertiary alicyclic amines) is 1. The summed E-state index contributed by atoms with van der Waals surface area (Å²) in [6.45, 7) is 2.42. The Labute approximate surface area is 132 Å². The molecule has 1 aromatic rings. The Kier molecular flexibility index (Phi) is 3.48. The van der Waals surface area contributed by atoms with Crippen LogP contribution in [0, 0.1) is 5.92 Å². The van der Waals surface area contributed by atoms with Crippen molar-refractivity contribution in [1.29, 1.82) is 0 Å². The molecular weight excluding hydrogens is 274 g/mol. The summed E-state index contributed by atoms with van der Waals surface area (Å²) >= 11 is 0. The van der Waals surface area contributed by atoms with Crippen molar-refractivity contribution in [1.82, 2.24) is 4.90 Å². The largest absolute Gasteiger partial charge is 0.497 e. The number of piperidine rings is 1. The third-order valence-corrected chi connectivity index (χ3v) is 6.03. The number of hydrogen-bond acceptors (Lipinski definition) is 3. The molecule has 0 radical (unpaired) electrons. The third kappa shape index (κ3) is 2.36. The van der Waals surface area contributed by atoms with Gasteiger partial charge in [0.05, 0.1) is 7.11 Å². The van der Waals surface area contributed by atoms with Gasteiger partial charge in [0.1, 0.15) is 12.0 Å². The molecule has 1 saturated heterocycles. The minimum absolute atomic E-state index is 0.0502. The molecule has 4 rings (SSSR count). The second-order valence-corrected chi connectivity index (χ2v) is 7.42. The number of carbonyl (C=O) groups excluding carboxylic acids is 1. The van der Waals surface area contributed by atoms with Gasteiger partial charge in [0, 0.05) is 24.4 Å². The van der Waals surface area contributed by atoms with Crippen LogP contribution in [0.5, 0.6) is 5.75 Å². The van der Waals surface area contributed by atoms with Gasteiger partial charge in [-0.3, -0.25) is 4.90 Å². The molecule has 0 amide bonds. The smallest absolute Gasteiger partial charge is 0.120 e. The molecule has 22 heavy (non-hydrogen) atoms. The summed E-state index contributed by atoms with van der Waals surface area (Å²) in [4.78, 5) is 14.1. The summed E-state index contributed by atoms with van der Waals surface area (Å²) < 4.78 is 5.42. The maximum Gasteiger partial charge on any atom is 0.120 e. The summed E-state index contributed by atoms with van der Waals surface area (Å²) in [5.41, 5.74) is 2.86. The highest BCUT2D eigenvalue weighted by molar-refractivity contribution is 5.56. The third-order valence-electron chi connectivity index (χ3n) is 6.03. The van der Waals surface area contributed by atoms with Crippen molar-refractivity contribution in [3.8, 4) is 5.75 Å². The van der Waals surface area contributed by atoms with Gasteiger partial charge in [-0.2, -0.15) is 0 Å². The SMILES string of the molecule is COc1ccc2c(c1)[C@]1(CC=O)CCN(CC3CC3)C(C2)C1. The van der Waals surface area contributed by atoms with E-state index in [0.29, 0.717) is 12.5 Å². The normalized spacial score (nSPS) is 30.7. The van der Waals surface area contributed by atoms with Gasteiger partial charge in [0.2, 0.25) is 0 Å². The van der Waals surface area contributed by atoms with E-state index in [1.54, 1.807) is 7.11 Å². The molecule has 0 aromatic heterocycles. The van der Waals surface area contributed by atoms with Gasteiger partial charge in [0.15, 0.2) is 0 Å². The Balaban J connectivity index is 1.69. The Morgan fingerprint density at radius 2 is 2.27 bits per heavy atom. The number of ether oxygens (including phenoxy) is 1. The monoisotopic (exact) mass is 299 g/mol. The number of hydrogen-bond donors (Lipinski definition) is 0. The zero-order valence-electron chi connectivity index (χ0n) is 13.4. The number of methoxy groups -OCH3 is 1. The van der Waals surface area contributed by atoms with Crippen LogP contribution in [0.1, 0.15) is 43.2 Å². The molecule has 3 heteroatoms. The molecule has 3 aliphatic rings. The van der Waals surface area contributed by atoms with E-state index in [9.17, 15) is 4.79 Å². The lowest BCUT2D eigenvalue weighted by molar-refractivity contribution is -0.109. The molecule has 0 N–H and O–H groups in total. The zero-order chi connectivity index (χ0) is 15.2. The van der Waals surface area contributed by atoms with Gasteiger partial charge in [-0.1, -0.05) is 6.07 Å². The maximum atomic E-state index is 11.4. The maximum absolute atomic E-state index is 11.4. The summed E-state index contributed by atoms with van der Waals surface area (Å²) in [7, 11) is 1.72. The molecular formula is C19H25NO2.